The molecule has 0 radical (unpaired) electrons. The Morgan fingerprint density at radius 3 is 2.61 bits per heavy atom. The average Bonchev–Trinajstić information content (AvgIpc) is 2.59. The minimum atomic E-state index is -0.228. The number of amides is 1. The quantitative estimate of drug-likeness (QED) is 0.775. The zero-order valence-corrected chi connectivity index (χ0v) is 14.3. The summed E-state index contributed by atoms with van der Waals surface area (Å²) in [7, 11) is 1.51. The van der Waals surface area contributed by atoms with E-state index >= 15 is 0 Å². The third kappa shape index (κ3) is 4.97. The van der Waals surface area contributed by atoms with E-state index in [0.717, 1.165) is 5.56 Å². The maximum absolute atomic E-state index is 11.9. The van der Waals surface area contributed by atoms with Gasteiger partial charge in [0.2, 0.25) is 0 Å². The minimum Gasteiger partial charge on any atom is -0.493 e. The Kier molecular flexibility index (Phi) is 6.43. The van der Waals surface area contributed by atoms with Crippen molar-refractivity contribution in [2.75, 3.05) is 13.7 Å². The van der Waals surface area contributed by atoms with Crippen LogP contribution in [0, 0.1) is 0 Å². The monoisotopic (exact) mass is 379 g/mol. The fourth-order valence-electron chi connectivity index (χ4n) is 1.99. The molecule has 6 heteroatoms. The van der Waals surface area contributed by atoms with Gasteiger partial charge in [-0.1, -0.05) is 30.3 Å². The Bertz CT molecular complexity index is 661. The molecule has 0 aliphatic carbocycles. The van der Waals surface area contributed by atoms with E-state index in [2.05, 4.69) is 21.2 Å². The molecule has 2 rings (SSSR count). The Morgan fingerprint density at radius 2 is 1.96 bits per heavy atom. The minimum absolute atomic E-state index is 0.104. The first-order valence-electron chi connectivity index (χ1n) is 7.04. The maximum Gasteiger partial charge on any atom is 0.258 e. The third-order valence-electron chi connectivity index (χ3n) is 3.15. The highest BCUT2D eigenvalue weighted by molar-refractivity contribution is 9.10. The van der Waals surface area contributed by atoms with Crippen LogP contribution >= 0.6 is 15.9 Å². The van der Waals surface area contributed by atoms with E-state index in [1.807, 2.05) is 30.3 Å². The molecule has 0 spiro atoms. The van der Waals surface area contributed by atoms with Crippen molar-refractivity contribution in [3.8, 4) is 11.5 Å². The summed E-state index contributed by atoms with van der Waals surface area (Å²) in [6.45, 7) is 0.220. The zero-order chi connectivity index (χ0) is 16.7. The second-order valence-electron chi connectivity index (χ2n) is 4.82. The van der Waals surface area contributed by atoms with E-state index in [1.54, 1.807) is 12.1 Å². The number of halogens is 1. The predicted octanol–water partition coefficient (Wildman–Crippen LogP) is 2.65. The molecule has 2 aromatic rings. The third-order valence-corrected chi connectivity index (χ3v) is 3.74. The summed E-state index contributed by atoms with van der Waals surface area (Å²) >= 11 is 3.36. The number of hydrogen-bond donors (Lipinski definition) is 2. The summed E-state index contributed by atoms with van der Waals surface area (Å²) in [6, 6.07) is 13.0. The van der Waals surface area contributed by atoms with Gasteiger partial charge in [0, 0.05) is 6.54 Å². The summed E-state index contributed by atoms with van der Waals surface area (Å²) in [5.41, 5.74) is 1.71. The van der Waals surface area contributed by atoms with Gasteiger partial charge in [0.05, 0.1) is 18.2 Å². The highest BCUT2D eigenvalue weighted by atomic mass is 79.9. The molecule has 0 fully saturated rings. The fraction of sp³-hybridized carbons (Fsp3) is 0.235. The van der Waals surface area contributed by atoms with E-state index in [4.69, 9.17) is 9.47 Å². The molecule has 0 unspecified atom stereocenters. The number of methoxy groups -OCH3 is 1. The number of benzene rings is 2. The average molecular weight is 380 g/mol. The molecule has 122 valence electrons. The molecule has 0 aliphatic heterocycles. The van der Waals surface area contributed by atoms with Crippen LogP contribution in [0.3, 0.4) is 0 Å². The van der Waals surface area contributed by atoms with Gasteiger partial charge in [0.1, 0.15) is 0 Å². The number of nitrogens with one attached hydrogen (secondary N) is 1. The lowest BCUT2D eigenvalue weighted by molar-refractivity contribution is -0.123. The fourth-order valence-corrected chi connectivity index (χ4v) is 2.59. The van der Waals surface area contributed by atoms with Crippen molar-refractivity contribution in [1.29, 1.82) is 0 Å². The maximum atomic E-state index is 11.9. The molecule has 0 saturated carbocycles. The molecule has 2 aromatic carbocycles. The largest absolute Gasteiger partial charge is 0.493 e. The van der Waals surface area contributed by atoms with E-state index < -0.39 is 0 Å². The first-order chi connectivity index (χ1) is 11.1. The Hall–Kier alpha value is -2.05. The molecule has 0 atom stereocenters. The molecule has 0 saturated heterocycles. The number of hydrogen-bond acceptors (Lipinski definition) is 4. The molecule has 0 bridgehead atoms. The van der Waals surface area contributed by atoms with Crippen LogP contribution in [0.2, 0.25) is 0 Å². The van der Waals surface area contributed by atoms with Crippen molar-refractivity contribution in [2.45, 2.75) is 13.2 Å². The van der Waals surface area contributed by atoms with Crippen LogP contribution < -0.4 is 14.8 Å². The van der Waals surface area contributed by atoms with Gasteiger partial charge in [0.25, 0.3) is 5.91 Å². The van der Waals surface area contributed by atoms with E-state index in [-0.39, 0.29) is 19.1 Å². The molecular weight excluding hydrogens is 362 g/mol. The van der Waals surface area contributed by atoms with Gasteiger partial charge in [-0.2, -0.15) is 0 Å². The van der Waals surface area contributed by atoms with Crippen molar-refractivity contribution >= 4 is 21.8 Å². The van der Waals surface area contributed by atoms with Crippen LogP contribution in [-0.4, -0.2) is 24.7 Å². The van der Waals surface area contributed by atoms with Crippen LogP contribution in [0.15, 0.2) is 46.9 Å². The predicted molar refractivity (Wildman–Crippen MR) is 90.4 cm³/mol. The van der Waals surface area contributed by atoms with Crippen molar-refractivity contribution in [3.63, 3.8) is 0 Å². The second kappa shape index (κ2) is 8.55. The second-order valence-corrected chi connectivity index (χ2v) is 5.67. The van der Waals surface area contributed by atoms with Crippen LogP contribution in [0.25, 0.3) is 0 Å². The van der Waals surface area contributed by atoms with Gasteiger partial charge in [-0.05, 0) is 39.2 Å². The molecule has 0 heterocycles. The lowest BCUT2D eigenvalue weighted by Gasteiger charge is -2.14. The van der Waals surface area contributed by atoms with Crippen LogP contribution in [0.5, 0.6) is 11.5 Å². The molecule has 0 aromatic heterocycles. The summed E-state index contributed by atoms with van der Waals surface area (Å²) in [6.07, 6.45) is 0. The molecule has 1 amide bonds. The number of carbonyl (C=O) groups is 1. The smallest absolute Gasteiger partial charge is 0.258 e. The van der Waals surface area contributed by atoms with Gasteiger partial charge in [-0.3, -0.25) is 4.79 Å². The molecule has 0 aliphatic rings. The highest BCUT2D eigenvalue weighted by Crippen LogP contribution is 2.36. The van der Waals surface area contributed by atoms with Crippen molar-refractivity contribution < 1.29 is 19.4 Å². The van der Waals surface area contributed by atoms with Gasteiger partial charge in [-0.25, -0.2) is 0 Å². The normalized spacial score (nSPS) is 10.2. The summed E-state index contributed by atoms with van der Waals surface area (Å²) in [4.78, 5) is 11.9. The van der Waals surface area contributed by atoms with Crippen molar-refractivity contribution in [2.24, 2.45) is 0 Å². The topological polar surface area (TPSA) is 67.8 Å². The van der Waals surface area contributed by atoms with Gasteiger partial charge >= 0.3 is 0 Å². The van der Waals surface area contributed by atoms with Gasteiger partial charge in [0.15, 0.2) is 18.1 Å². The van der Waals surface area contributed by atoms with Gasteiger partial charge < -0.3 is 19.9 Å². The lowest BCUT2D eigenvalue weighted by atomic mass is 10.2. The van der Waals surface area contributed by atoms with Crippen LogP contribution in [-0.2, 0) is 17.9 Å². The van der Waals surface area contributed by atoms with Crippen LogP contribution in [0.1, 0.15) is 11.1 Å². The number of rotatable bonds is 7. The molecule has 2 N–H and O–H groups in total. The Labute approximate surface area is 143 Å². The molecule has 5 nitrogen and oxygen atoms in total. The van der Waals surface area contributed by atoms with E-state index in [0.29, 0.717) is 28.1 Å². The van der Waals surface area contributed by atoms with Crippen LogP contribution in [0.4, 0.5) is 0 Å². The number of ether oxygens (including phenoxy) is 2. The Balaban J connectivity index is 1.93. The SMILES string of the molecule is COc1cc(CO)cc(Br)c1OCC(=O)NCc1ccccc1. The van der Waals surface area contributed by atoms with Gasteiger partial charge in [-0.15, -0.1) is 0 Å². The van der Waals surface area contributed by atoms with E-state index in [9.17, 15) is 9.90 Å². The van der Waals surface area contributed by atoms with Crippen molar-refractivity contribution in [3.05, 3.63) is 58.1 Å². The molecular formula is C17H18BrNO4. The first-order valence-corrected chi connectivity index (χ1v) is 7.84. The molecule has 23 heavy (non-hydrogen) atoms. The lowest BCUT2D eigenvalue weighted by Crippen LogP contribution is -2.28. The number of aliphatic hydroxyl groups is 1. The summed E-state index contributed by atoms with van der Waals surface area (Å²) in [5, 5.41) is 12.0. The summed E-state index contributed by atoms with van der Waals surface area (Å²) in [5.74, 6) is 0.660. The first kappa shape index (κ1) is 17.3. The summed E-state index contributed by atoms with van der Waals surface area (Å²) < 4.78 is 11.4. The number of aliphatic hydroxyl groups excluding tert-OH is 1. The van der Waals surface area contributed by atoms with Crippen molar-refractivity contribution in [1.82, 2.24) is 5.32 Å². The highest BCUT2D eigenvalue weighted by Gasteiger charge is 2.13. The number of carbonyl (C=O) groups excluding carboxylic acids is 1. The standard InChI is InChI=1S/C17H18BrNO4/c1-22-15-8-13(10-20)7-14(18)17(15)23-11-16(21)19-9-12-5-3-2-4-6-12/h2-8,20H,9-11H2,1H3,(H,19,21). The van der Waals surface area contributed by atoms with E-state index in [1.165, 1.54) is 7.11 Å². The Morgan fingerprint density at radius 1 is 1.22 bits per heavy atom. The zero-order valence-electron chi connectivity index (χ0n) is 12.7.